The minimum atomic E-state index is 1.01. The first-order valence-electron chi connectivity index (χ1n) is 2.50. The predicted molar refractivity (Wildman–Crippen MR) is 34.3 cm³/mol. The van der Waals surface area contributed by atoms with Crippen LogP contribution in [0.3, 0.4) is 0 Å². The Hall–Kier alpha value is -0.720. The molecule has 0 fully saturated rings. The van der Waals surface area contributed by atoms with Crippen molar-refractivity contribution >= 4 is 0 Å². The summed E-state index contributed by atoms with van der Waals surface area (Å²) in [5.41, 5.74) is 2.01. The second-order valence-corrected chi connectivity index (χ2v) is 1.97. The van der Waals surface area contributed by atoms with Gasteiger partial charge in [0.1, 0.15) is 0 Å². The number of rotatable bonds is 0. The maximum Gasteiger partial charge on any atom is 0.0106 e. The molecule has 0 aliphatic heterocycles. The van der Waals surface area contributed by atoms with Gasteiger partial charge in [-0.05, 0) is 25.0 Å². The molecule has 1 rings (SSSR count). The van der Waals surface area contributed by atoms with E-state index in [1.165, 1.54) is 0 Å². The van der Waals surface area contributed by atoms with Crippen LogP contribution in [0.4, 0.5) is 0 Å². The summed E-state index contributed by atoms with van der Waals surface area (Å²) in [5.74, 6) is 0. The zero-order valence-corrected chi connectivity index (χ0v) is 5.02. The van der Waals surface area contributed by atoms with Crippen LogP contribution in [-0.4, -0.2) is 4.57 Å². The molecule has 0 atom stereocenters. The third kappa shape index (κ3) is 0.760. The van der Waals surface area contributed by atoms with E-state index < -0.39 is 0 Å². The van der Waals surface area contributed by atoms with E-state index in [0.29, 0.717) is 0 Å². The van der Waals surface area contributed by atoms with Gasteiger partial charge in [0.25, 0.3) is 0 Å². The average Bonchev–Trinajstić information content (AvgIpc) is 1.85. The fourth-order valence-corrected chi connectivity index (χ4v) is 0.695. The van der Waals surface area contributed by atoms with Crippen LogP contribution in [0.5, 0.6) is 0 Å². The molecule has 0 unspecified atom stereocenters. The van der Waals surface area contributed by atoms with Crippen molar-refractivity contribution in [3.63, 3.8) is 0 Å². The fourth-order valence-electron chi connectivity index (χ4n) is 0.695. The second-order valence-electron chi connectivity index (χ2n) is 1.97. The van der Waals surface area contributed by atoms with Crippen molar-refractivity contribution in [2.24, 2.45) is 7.05 Å². The van der Waals surface area contributed by atoms with E-state index in [4.69, 9.17) is 0 Å². The van der Waals surface area contributed by atoms with Crippen molar-refractivity contribution in [1.82, 2.24) is 4.57 Å². The Morgan fingerprint density at radius 2 is 1.62 bits per heavy atom. The van der Waals surface area contributed by atoms with Gasteiger partial charge in [-0.15, -0.1) is 0 Å². The number of hydrogen-bond donors (Lipinski definition) is 0. The molecule has 0 N–H and O–H groups in total. The van der Waals surface area contributed by atoms with Crippen molar-refractivity contribution < 1.29 is 0 Å². The zero-order chi connectivity index (χ0) is 6.15. The lowest BCUT2D eigenvalue weighted by molar-refractivity contribution is 0.925. The first-order valence-corrected chi connectivity index (χ1v) is 2.50. The van der Waals surface area contributed by atoms with Crippen molar-refractivity contribution in [3.05, 3.63) is 37.4 Å². The molecule has 0 bridgehead atoms. The van der Waals surface area contributed by atoms with Gasteiger partial charge in [0.2, 0.25) is 0 Å². The lowest BCUT2D eigenvalue weighted by Crippen LogP contribution is -1.76. The molecule has 2 radical (unpaired) electrons. The van der Waals surface area contributed by atoms with Crippen molar-refractivity contribution in [2.45, 2.75) is 0 Å². The van der Waals surface area contributed by atoms with Gasteiger partial charge < -0.3 is 4.57 Å². The molecule has 0 aromatic carbocycles. The Balaban J connectivity index is 3.14. The van der Waals surface area contributed by atoms with E-state index in [-0.39, 0.29) is 0 Å². The smallest absolute Gasteiger partial charge is 0.0106 e. The van der Waals surface area contributed by atoms with Crippen LogP contribution in [0.25, 0.3) is 0 Å². The van der Waals surface area contributed by atoms with Crippen LogP contribution in [-0.2, 0) is 7.05 Å². The Labute approximate surface area is 49.9 Å². The van der Waals surface area contributed by atoms with Gasteiger partial charge in [-0.1, -0.05) is 0 Å². The molecular weight excluding hydrogens is 98.1 g/mol. The fraction of sp³-hybridized carbons (Fsp3) is 0.143. The third-order valence-corrected chi connectivity index (χ3v) is 1.13. The predicted octanol–water partition coefficient (Wildman–Crippen LogP) is 1.39. The van der Waals surface area contributed by atoms with Crippen molar-refractivity contribution in [2.75, 3.05) is 0 Å². The molecule has 0 aliphatic carbocycles. The summed E-state index contributed by atoms with van der Waals surface area (Å²) >= 11 is 0. The SMILES string of the molecule is [CH2]c1cn(C)cc1[CH2]. The van der Waals surface area contributed by atoms with Gasteiger partial charge >= 0.3 is 0 Å². The molecule has 1 aromatic heterocycles. The molecule has 8 heavy (non-hydrogen) atoms. The second kappa shape index (κ2) is 1.66. The Morgan fingerprint density at radius 3 is 1.75 bits per heavy atom. The lowest BCUT2D eigenvalue weighted by Gasteiger charge is -1.80. The molecule has 42 valence electrons. The van der Waals surface area contributed by atoms with Gasteiger partial charge in [0.15, 0.2) is 0 Å². The summed E-state index contributed by atoms with van der Waals surface area (Å²) in [6.45, 7) is 7.52. The van der Waals surface area contributed by atoms with E-state index in [2.05, 4.69) is 13.8 Å². The molecular formula is C7H9N. The molecule has 0 spiro atoms. The van der Waals surface area contributed by atoms with Gasteiger partial charge in [-0.2, -0.15) is 0 Å². The molecule has 0 saturated heterocycles. The van der Waals surface area contributed by atoms with E-state index >= 15 is 0 Å². The molecule has 1 heteroatoms. The van der Waals surface area contributed by atoms with Crippen molar-refractivity contribution in [3.8, 4) is 0 Å². The van der Waals surface area contributed by atoms with Crippen LogP contribution >= 0.6 is 0 Å². The monoisotopic (exact) mass is 107 g/mol. The van der Waals surface area contributed by atoms with Crippen LogP contribution in [0.15, 0.2) is 12.4 Å². The third-order valence-electron chi connectivity index (χ3n) is 1.13. The minimum absolute atomic E-state index is 1.01. The summed E-state index contributed by atoms with van der Waals surface area (Å²) < 4.78 is 1.95. The van der Waals surface area contributed by atoms with E-state index in [0.717, 1.165) is 11.1 Å². The van der Waals surface area contributed by atoms with Crippen LogP contribution in [0.1, 0.15) is 11.1 Å². The first-order chi connectivity index (χ1) is 3.70. The van der Waals surface area contributed by atoms with E-state index in [1.807, 2.05) is 24.0 Å². The van der Waals surface area contributed by atoms with Crippen LogP contribution in [0.2, 0.25) is 0 Å². The van der Waals surface area contributed by atoms with Crippen LogP contribution in [0, 0.1) is 13.8 Å². The lowest BCUT2D eigenvalue weighted by atomic mass is 10.2. The molecule has 0 amide bonds. The van der Waals surface area contributed by atoms with Gasteiger partial charge in [0, 0.05) is 19.4 Å². The number of nitrogens with zero attached hydrogens (tertiary/aromatic N) is 1. The van der Waals surface area contributed by atoms with Crippen LogP contribution < -0.4 is 0 Å². The molecule has 1 aromatic rings. The molecule has 0 aliphatic rings. The van der Waals surface area contributed by atoms with Crippen molar-refractivity contribution in [1.29, 1.82) is 0 Å². The van der Waals surface area contributed by atoms with E-state index in [1.54, 1.807) is 0 Å². The standard InChI is InChI=1S/C7H9N/c1-6-4-8(3)5-7(6)2/h4-5H,1-2H2,3H3. The molecule has 1 heterocycles. The van der Waals surface area contributed by atoms with E-state index in [9.17, 15) is 0 Å². The highest BCUT2D eigenvalue weighted by Crippen LogP contribution is 2.04. The summed E-state index contributed by atoms with van der Waals surface area (Å²) in [7, 11) is 1.96. The summed E-state index contributed by atoms with van der Waals surface area (Å²) in [4.78, 5) is 0. The Morgan fingerprint density at radius 1 is 1.25 bits per heavy atom. The highest BCUT2D eigenvalue weighted by Gasteiger charge is 1.91. The Kier molecular flexibility index (Phi) is 1.12. The largest absolute Gasteiger partial charge is 0.357 e. The molecule has 0 saturated carbocycles. The Bertz CT molecular complexity index is 167. The summed E-state index contributed by atoms with van der Waals surface area (Å²) in [5, 5.41) is 0. The highest BCUT2D eigenvalue weighted by atomic mass is 14.9. The topological polar surface area (TPSA) is 4.93 Å². The number of aryl methyl sites for hydroxylation is 1. The molecule has 1 nitrogen and oxygen atoms in total. The number of aromatic nitrogens is 1. The first kappa shape index (κ1) is 5.42. The summed E-state index contributed by atoms with van der Waals surface area (Å²) in [6, 6.07) is 0. The van der Waals surface area contributed by atoms with Gasteiger partial charge in [0.05, 0.1) is 0 Å². The maximum absolute atomic E-state index is 3.76. The maximum atomic E-state index is 3.76. The quantitative estimate of drug-likeness (QED) is 0.472. The number of hydrogen-bond acceptors (Lipinski definition) is 0. The highest BCUT2D eigenvalue weighted by molar-refractivity contribution is 5.28. The average molecular weight is 107 g/mol. The minimum Gasteiger partial charge on any atom is -0.357 e. The summed E-state index contributed by atoms with van der Waals surface area (Å²) in [6.07, 6.45) is 3.89. The normalized spacial score (nSPS) is 9.88. The van der Waals surface area contributed by atoms with Gasteiger partial charge in [-0.3, -0.25) is 0 Å². The van der Waals surface area contributed by atoms with Gasteiger partial charge in [-0.25, -0.2) is 0 Å². The zero-order valence-electron chi connectivity index (χ0n) is 5.02.